The van der Waals surface area contributed by atoms with Crippen LogP contribution in [0.15, 0.2) is 11.6 Å². The Kier molecular flexibility index (Phi) is 2.52. The second-order valence-corrected chi connectivity index (χ2v) is 3.74. The van der Waals surface area contributed by atoms with Crippen LogP contribution in [0.25, 0.3) is 0 Å². The fourth-order valence-corrected chi connectivity index (χ4v) is 2.05. The van der Waals surface area contributed by atoms with Crippen molar-refractivity contribution in [2.24, 2.45) is 5.73 Å². The molecule has 0 aromatic carbocycles. The maximum absolute atomic E-state index is 6.02. The third kappa shape index (κ3) is 1.41. The minimum atomic E-state index is -0.0475. The van der Waals surface area contributed by atoms with Crippen molar-refractivity contribution in [2.75, 3.05) is 0 Å². The predicted octanol–water partition coefficient (Wildman–Crippen LogP) is 1.90. The lowest BCUT2D eigenvalue weighted by molar-refractivity contribution is 0.253. The predicted molar refractivity (Wildman–Crippen MR) is 49.1 cm³/mol. The summed E-state index contributed by atoms with van der Waals surface area (Å²) in [6.45, 7) is 0. The van der Waals surface area contributed by atoms with Gasteiger partial charge in [-0.1, -0.05) is 0 Å². The van der Waals surface area contributed by atoms with Gasteiger partial charge in [0.2, 0.25) is 0 Å². The van der Waals surface area contributed by atoms with E-state index in [9.17, 15) is 0 Å². The molecule has 2 nitrogen and oxygen atoms in total. The number of aromatic nitrogens is 1. The van der Waals surface area contributed by atoms with Crippen molar-refractivity contribution < 1.29 is 0 Å². The molecule has 2 rings (SSSR count). The summed E-state index contributed by atoms with van der Waals surface area (Å²) in [6.07, 6.45) is 5.31. The lowest BCUT2D eigenvalue weighted by Crippen LogP contribution is -2.43. The monoisotopic (exact) mass is 190 g/mol. The van der Waals surface area contributed by atoms with Crippen molar-refractivity contribution in [3.05, 3.63) is 16.6 Å². The second-order valence-electron chi connectivity index (χ2n) is 2.85. The molecule has 2 N–H and O–H groups in total. The molecular weight excluding hydrogens is 180 g/mol. The minimum absolute atomic E-state index is 0. The number of thiazole rings is 1. The van der Waals surface area contributed by atoms with Crippen molar-refractivity contribution in [3.8, 4) is 0 Å². The third-order valence-corrected chi connectivity index (χ3v) is 3.10. The van der Waals surface area contributed by atoms with E-state index in [1.165, 1.54) is 6.42 Å². The van der Waals surface area contributed by atoms with Crippen molar-refractivity contribution in [3.63, 3.8) is 0 Å². The van der Waals surface area contributed by atoms with Crippen LogP contribution >= 0.6 is 23.7 Å². The van der Waals surface area contributed by atoms with E-state index in [4.69, 9.17) is 5.73 Å². The molecule has 0 atom stereocenters. The molecule has 0 aliphatic heterocycles. The fraction of sp³-hybridized carbons (Fsp3) is 0.571. The first-order chi connectivity index (χ1) is 4.81. The van der Waals surface area contributed by atoms with Crippen molar-refractivity contribution in [1.29, 1.82) is 0 Å². The molecule has 4 heteroatoms. The summed E-state index contributed by atoms with van der Waals surface area (Å²) in [4.78, 5) is 4.20. The summed E-state index contributed by atoms with van der Waals surface area (Å²) in [6, 6.07) is 0. The van der Waals surface area contributed by atoms with Gasteiger partial charge >= 0.3 is 0 Å². The molecule has 11 heavy (non-hydrogen) atoms. The lowest BCUT2D eigenvalue weighted by Gasteiger charge is -2.35. The van der Waals surface area contributed by atoms with Crippen LogP contribution in [0, 0.1) is 0 Å². The van der Waals surface area contributed by atoms with Crippen LogP contribution in [0.4, 0.5) is 0 Å². The summed E-state index contributed by atoms with van der Waals surface area (Å²) >= 11 is 1.67. The molecule has 0 bridgehead atoms. The van der Waals surface area contributed by atoms with Gasteiger partial charge in [-0.2, -0.15) is 0 Å². The Morgan fingerprint density at radius 2 is 2.27 bits per heavy atom. The lowest BCUT2D eigenvalue weighted by atomic mass is 9.78. The molecule has 0 unspecified atom stereocenters. The highest BCUT2D eigenvalue weighted by Gasteiger charge is 2.36. The first kappa shape index (κ1) is 8.97. The van der Waals surface area contributed by atoms with Crippen LogP contribution in [0.5, 0.6) is 0 Å². The molecule has 1 fully saturated rings. The minimum Gasteiger partial charge on any atom is -0.319 e. The number of nitrogens with zero attached hydrogens (tertiary/aromatic N) is 1. The topological polar surface area (TPSA) is 38.9 Å². The van der Waals surface area contributed by atoms with Gasteiger partial charge in [-0.3, -0.25) is 0 Å². The van der Waals surface area contributed by atoms with Crippen LogP contribution < -0.4 is 5.73 Å². The van der Waals surface area contributed by atoms with Gasteiger partial charge in [0.1, 0.15) is 5.01 Å². The van der Waals surface area contributed by atoms with E-state index >= 15 is 0 Å². The molecule has 1 aromatic rings. The van der Waals surface area contributed by atoms with Crippen molar-refractivity contribution in [1.82, 2.24) is 4.98 Å². The van der Waals surface area contributed by atoms with E-state index in [0.29, 0.717) is 0 Å². The quantitative estimate of drug-likeness (QED) is 0.735. The average molecular weight is 191 g/mol. The first-order valence-corrected chi connectivity index (χ1v) is 4.38. The Balaban J connectivity index is 0.000000605. The maximum atomic E-state index is 6.02. The van der Waals surface area contributed by atoms with Gasteiger partial charge in [-0.15, -0.1) is 23.7 Å². The summed E-state index contributed by atoms with van der Waals surface area (Å²) < 4.78 is 0. The van der Waals surface area contributed by atoms with Crippen LogP contribution in [-0.4, -0.2) is 4.98 Å². The molecule has 0 amide bonds. The SMILES string of the molecule is Cl.NC1(c2nccs2)CCC1. The highest BCUT2D eigenvalue weighted by Crippen LogP contribution is 2.39. The van der Waals surface area contributed by atoms with Crippen molar-refractivity contribution >= 4 is 23.7 Å². The number of rotatable bonds is 1. The highest BCUT2D eigenvalue weighted by atomic mass is 35.5. The molecule has 0 spiro atoms. The zero-order valence-electron chi connectivity index (χ0n) is 6.12. The standard InChI is InChI=1S/C7H10N2S.ClH/c8-7(2-1-3-7)6-9-4-5-10-6;/h4-5H,1-3,8H2;1H. The van der Waals surface area contributed by atoms with Gasteiger partial charge in [0.05, 0.1) is 5.54 Å². The third-order valence-electron chi connectivity index (χ3n) is 2.10. The normalized spacial score (nSPS) is 20.1. The van der Waals surface area contributed by atoms with Crippen LogP contribution in [0.1, 0.15) is 24.3 Å². The zero-order valence-corrected chi connectivity index (χ0v) is 7.75. The van der Waals surface area contributed by atoms with E-state index in [-0.39, 0.29) is 17.9 Å². The zero-order chi connectivity index (χ0) is 7.03. The first-order valence-electron chi connectivity index (χ1n) is 3.50. The molecule has 1 aromatic heterocycles. The fourth-order valence-electron chi connectivity index (χ4n) is 1.24. The molecule has 62 valence electrons. The number of nitrogens with two attached hydrogens (primary N) is 1. The summed E-state index contributed by atoms with van der Waals surface area (Å²) in [5.41, 5.74) is 5.97. The number of hydrogen-bond acceptors (Lipinski definition) is 3. The number of hydrogen-bond donors (Lipinski definition) is 1. The number of halogens is 1. The summed E-state index contributed by atoms with van der Waals surface area (Å²) in [5, 5.41) is 3.10. The Bertz CT molecular complexity index is 218. The van der Waals surface area contributed by atoms with E-state index in [1.54, 1.807) is 11.3 Å². The molecule has 1 aliphatic rings. The Morgan fingerprint density at radius 3 is 2.64 bits per heavy atom. The smallest absolute Gasteiger partial charge is 0.112 e. The van der Waals surface area contributed by atoms with E-state index in [1.807, 2.05) is 11.6 Å². The molecule has 1 aliphatic carbocycles. The van der Waals surface area contributed by atoms with Crippen LogP contribution in [0.2, 0.25) is 0 Å². The van der Waals surface area contributed by atoms with Gasteiger partial charge in [0.15, 0.2) is 0 Å². The Morgan fingerprint density at radius 1 is 1.55 bits per heavy atom. The van der Waals surface area contributed by atoms with Gasteiger partial charge in [0, 0.05) is 11.6 Å². The molecular formula is C7H11ClN2S. The summed E-state index contributed by atoms with van der Waals surface area (Å²) in [7, 11) is 0. The van der Waals surface area contributed by atoms with Crippen molar-refractivity contribution in [2.45, 2.75) is 24.8 Å². The largest absolute Gasteiger partial charge is 0.319 e. The van der Waals surface area contributed by atoms with Crippen LogP contribution in [-0.2, 0) is 5.54 Å². The Labute approximate surface area is 76.2 Å². The van der Waals surface area contributed by atoms with Gasteiger partial charge in [-0.25, -0.2) is 4.98 Å². The highest BCUT2D eigenvalue weighted by molar-refractivity contribution is 7.09. The van der Waals surface area contributed by atoms with E-state index in [0.717, 1.165) is 17.8 Å². The van der Waals surface area contributed by atoms with Gasteiger partial charge < -0.3 is 5.73 Å². The average Bonchev–Trinajstić information content (AvgIpc) is 2.33. The maximum Gasteiger partial charge on any atom is 0.112 e. The second kappa shape index (κ2) is 3.09. The molecule has 0 saturated heterocycles. The van der Waals surface area contributed by atoms with E-state index < -0.39 is 0 Å². The Hall–Kier alpha value is -0.120. The summed E-state index contributed by atoms with van der Waals surface area (Å²) in [5.74, 6) is 0. The molecule has 1 heterocycles. The molecule has 0 radical (unpaired) electrons. The van der Waals surface area contributed by atoms with Gasteiger partial charge in [-0.05, 0) is 19.3 Å². The molecule has 1 saturated carbocycles. The van der Waals surface area contributed by atoms with Crippen LogP contribution in [0.3, 0.4) is 0 Å². The van der Waals surface area contributed by atoms with E-state index in [2.05, 4.69) is 4.98 Å². The van der Waals surface area contributed by atoms with Gasteiger partial charge in [0.25, 0.3) is 0 Å².